The average Bonchev–Trinajstić information content (AvgIpc) is 2.77. The summed E-state index contributed by atoms with van der Waals surface area (Å²) in [5.41, 5.74) is 1.26. The Morgan fingerprint density at radius 3 is 2.86 bits per heavy atom. The van der Waals surface area contributed by atoms with E-state index in [4.69, 9.17) is 9.26 Å². The standard InChI is InChI=1S/C15H24N2O4/c1-11-13(12(2)21-16-11)9-17-7-4-5-15(10-17,14(18)19)6-8-20-3/h4-10H2,1-3H3,(H,18,19)/t15-/m0/s1. The van der Waals surface area contributed by atoms with Crippen LogP contribution in [0.25, 0.3) is 0 Å². The fraction of sp³-hybridized carbons (Fsp3) is 0.733. The number of nitrogens with zero attached hydrogens (tertiary/aromatic N) is 2. The molecule has 1 aromatic rings. The van der Waals surface area contributed by atoms with Crippen molar-refractivity contribution < 1.29 is 19.2 Å². The number of carbonyl (C=O) groups is 1. The molecule has 0 saturated carbocycles. The van der Waals surface area contributed by atoms with Crippen LogP contribution in [0, 0.1) is 19.3 Å². The lowest BCUT2D eigenvalue weighted by atomic mass is 9.77. The van der Waals surface area contributed by atoms with Gasteiger partial charge in [0, 0.05) is 32.4 Å². The molecule has 0 radical (unpaired) electrons. The van der Waals surface area contributed by atoms with Crippen molar-refractivity contribution in [2.24, 2.45) is 5.41 Å². The minimum Gasteiger partial charge on any atom is -0.481 e. The first-order valence-corrected chi connectivity index (χ1v) is 7.35. The number of carboxylic acids is 1. The molecule has 21 heavy (non-hydrogen) atoms. The summed E-state index contributed by atoms with van der Waals surface area (Å²) in [6.07, 6.45) is 2.15. The van der Waals surface area contributed by atoms with Gasteiger partial charge in [-0.2, -0.15) is 0 Å². The molecule has 2 rings (SSSR count). The highest BCUT2D eigenvalue weighted by molar-refractivity contribution is 5.75. The maximum absolute atomic E-state index is 11.8. The first-order valence-electron chi connectivity index (χ1n) is 7.35. The SMILES string of the molecule is COCC[C@@]1(C(=O)O)CCCN(Cc2c(C)noc2C)C1. The van der Waals surface area contributed by atoms with Crippen molar-refractivity contribution in [1.82, 2.24) is 10.1 Å². The van der Waals surface area contributed by atoms with Crippen LogP contribution in [0.5, 0.6) is 0 Å². The summed E-state index contributed by atoms with van der Waals surface area (Å²) in [6.45, 7) is 6.45. The van der Waals surface area contributed by atoms with E-state index in [2.05, 4.69) is 10.1 Å². The third-order valence-corrected chi connectivity index (χ3v) is 4.46. The molecule has 1 aromatic heterocycles. The summed E-state index contributed by atoms with van der Waals surface area (Å²) in [5, 5.41) is 13.6. The molecule has 0 spiro atoms. The largest absolute Gasteiger partial charge is 0.481 e. The van der Waals surface area contributed by atoms with Crippen LogP contribution < -0.4 is 0 Å². The summed E-state index contributed by atoms with van der Waals surface area (Å²) in [7, 11) is 1.61. The Labute approximate surface area is 125 Å². The van der Waals surface area contributed by atoms with Gasteiger partial charge in [-0.1, -0.05) is 5.16 Å². The van der Waals surface area contributed by atoms with E-state index in [1.165, 1.54) is 0 Å². The summed E-state index contributed by atoms with van der Waals surface area (Å²) in [6, 6.07) is 0. The fourth-order valence-corrected chi connectivity index (χ4v) is 3.10. The van der Waals surface area contributed by atoms with Gasteiger partial charge in [-0.15, -0.1) is 0 Å². The molecule has 1 saturated heterocycles. The van der Waals surface area contributed by atoms with E-state index in [-0.39, 0.29) is 0 Å². The van der Waals surface area contributed by atoms with Gasteiger partial charge in [0.15, 0.2) is 0 Å². The van der Waals surface area contributed by atoms with Crippen LogP contribution in [0.3, 0.4) is 0 Å². The number of rotatable bonds is 6. The lowest BCUT2D eigenvalue weighted by Crippen LogP contribution is -2.48. The van der Waals surface area contributed by atoms with E-state index < -0.39 is 11.4 Å². The van der Waals surface area contributed by atoms with Crippen LogP contribution in [-0.2, 0) is 16.1 Å². The predicted octanol–water partition coefficient (Wildman–Crippen LogP) is 1.99. The van der Waals surface area contributed by atoms with E-state index in [1.54, 1.807) is 7.11 Å². The highest BCUT2D eigenvalue weighted by Gasteiger charge is 2.42. The maximum Gasteiger partial charge on any atom is 0.311 e. The third kappa shape index (κ3) is 3.44. The zero-order valence-electron chi connectivity index (χ0n) is 13.0. The second kappa shape index (κ2) is 6.58. The number of hydrogen-bond donors (Lipinski definition) is 1. The van der Waals surface area contributed by atoms with Crippen LogP contribution >= 0.6 is 0 Å². The van der Waals surface area contributed by atoms with E-state index in [1.807, 2.05) is 13.8 Å². The molecule has 1 aliphatic rings. The molecule has 118 valence electrons. The van der Waals surface area contributed by atoms with Gasteiger partial charge >= 0.3 is 5.97 Å². The average molecular weight is 296 g/mol. The van der Waals surface area contributed by atoms with Crippen LogP contribution in [0.1, 0.15) is 36.3 Å². The van der Waals surface area contributed by atoms with Crippen LogP contribution in [0.2, 0.25) is 0 Å². The van der Waals surface area contributed by atoms with Gasteiger partial charge in [-0.25, -0.2) is 0 Å². The summed E-state index contributed by atoms with van der Waals surface area (Å²) >= 11 is 0. The van der Waals surface area contributed by atoms with Crippen LogP contribution in [-0.4, -0.2) is 47.9 Å². The lowest BCUT2D eigenvalue weighted by Gasteiger charge is -2.39. The zero-order valence-corrected chi connectivity index (χ0v) is 13.0. The van der Waals surface area contributed by atoms with Gasteiger partial charge in [-0.05, 0) is 39.7 Å². The Balaban J connectivity index is 2.10. The number of aromatic nitrogens is 1. The van der Waals surface area contributed by atoms with Gasteiger partial charge in [0.2, 0.25) is 0 Å². The number of aryl methyl sites for hydroxylation is 2. The van der Waals surface area contributed by atoms with Gasteiger partial charge in [0.1, 0.15) is 5.76 Å². The van der Waals surface area contributed by atoms with Crippen LogP contribution in [0.15, 0.2) is 4.52 Å². The first-order chi connectivity index (χ1) is 9.98. The monoisotopic (exact) mass is 296 g/mol. The van der Waals surface area contributed by atoms with Gasteiger partial charge < -0.3 is 14.4 Å². The minimum atomic E-state index is -0.719. The van der Waals surface area contributed by atoms with E-state index in [0.29, 0.717) is 32.5 Å². The summed E-state index contributed by atoms with van der Waals surface area (Å²) in [5.74, 6) is 0.0962. The number of piperidine rings is 1. The minimum absolute atomic E-state index is 0.478. The van der Waals surface area contributed by atoms with Crippen LogP contribution in [0.4, 0.5) is 0 Å². The molecule has 1 N–H and O–H groups in total. The predicted molar refractivity (Wildman–Crippen MR) is 77.0 cm³/mol. The molecule has 6 nitrogen and oxygen atoms in total. The zero-order chi connectivity index (χ0) is 15.5. The Morgan fingerprint density at radius 1 is 1.52 bits per heavy atom. The first kappa shape index (κ1) is 16.0. The molecule has 0 unspecified atom stereocenters. The van der Waals surface area contributed by atoms with Crippen molar-refractivity contribution in [3.8, 4) is 0 Å². The summed E-state index contributed by atoms with van der Waals surface area (Å²) in [4.78, 5) is 13.9. The number of methoxy groups -OCH3 is 1. The number of likely N-dealkylation sites (tertiary alicyclic amines) is 1. The van der Waals surface area contributed by atoms with Crippen molar-refractivity contribution in [3.05, 3.63) is 17.0 Å². The number of aliphatic carboxylic acids is 1. The number of carboxylic acid groups (broad SMARTS) is 1. The summed E-state index contributed by atoms with van der Waals surface area (Å²) < 4.78 is 10.3. The molecule has 0 aromatic carbocycles. The highest BCUT2D eigenvalue weighted by Crippen LogP contribution is 2.35. The number of hydrogen-bond acceptors (Lipinski definition) is 5. The lowest BCUT2D eigenvalue weighted by molar-refractivity contribution is -0.154. The van der Waals surface area contributed by atoms with Gasteiger partial charge in [0.25, 0.3) is 0 Å². The molecule has 0 aliphatic carbocycles. The Hall–Kier alpha value is -1.40. The third-order valence-electron chi connectivity index (χ3n) is 4.46. The molecule has 0 bridgehead atoms. The smallest absolute Gasteiger partial charge is 0.311 e. The Kier molecular flexibility index (Phi) is 5.00. The second-order valence-electron chi connectivity index (χ2n) is 5.95. The fourth-order valence-electron chi connectivity index (χ4n) is 3.10. The Bertz CT molecular complexity index is 480. The van der Waals surface area contributed by atoms with Crippen molar-refractivity contribution >= 4 is 5.97 Å². The maximum atomic E-state index is 11.8. The second-order valence-corrected chi connectivity index (χ2v) is 5.95. The molecule has 6 heteroatoms. The molecule has 1 fully saturated rings. The number of ether oxygens (including phenoxy) is 1. The van der Waals surface area contributed by atoms with Crippen molar-refractivity contribution in [1.29, 1.82) is 0 Å². The quantitative estimate of drug-likeness (QED) is 0.865. The van der Waals surface area contributed by atoms with Crippen molar-refractivity contribution in [3.63, 3.8) is 0 Å². The molecular formula is C15H24N2O4. The molecule has 2 heterocycles. The van der Waals surface area contributed by atoms with E-state index in [9.17, 15) is 9.90 Å². The highest BCUT2D eigenvalue weighted by atomic mass is 16.5. The molecule has 1 atom stereocenters. The van der Waals surface area contributed by atoms with Crippen molar-refractivity contribution in [2.45, 2.75) is 39.7 Å². The van der Waals surface area contributed by atoms with Gasteiger partial charge in [0.05, 0.1) is 11.1 Å². The molecule has 0 amide bonds. The topological polar surface area (TPSA) is 75.8 Å². The normalized spacial score (nSPS) is 23.4. The molecule has 1 aliphatic heterocycles. The van der Waals surface area contributed by atoms with Gasteiger partial charge in [-0.3, -0.25) is 9.69 Å². The Morgan fingerprint density at radius 2 is 2.29 bits per heavy atom. The van der Waals surface area contributed by atoms with E-state index in [0.717, 1.165) is 30.0 Å². The molecular weight excluding hydrogens is 272 g/mol. The van der Waals surface area contributed by atoms with Crippen molar-refractivity contribution in [2.75, 3.05) is 26.8 Å². The van der Waals surface area contributed by atoms with E-state index >= 15 is 0 Å².